The van der Waals surface area contributed by atoms with Gasteiger partial charge < -0.3 is 4.57 Å². The van der Waals surface area contributed by atoms with Gasteiger partial charge in [0.15, 0.2) is 7.14 Å². The van der Waals surface area contributed by atoms with Gasteiger partial charge in [-0.15, -0.1) is 0 Å². The number of imidazole rings is 1. The molecule has 0 N–H and O–H groups in total. The van der Waals surface area contributed by atoms with Gasteiger partial charge in [-0.3, -0.25) is 4.40 Å². The molecule has 0 fully saturated rings. The van der Waals surface area contributed by atoms with E-state index in [-0.39, 0.29) is 0 Å². The third kappa shape index (κ3) is 4.20. The summed E-state index contributed by atoms with van der Waals surface area (Å²) < 4.78 is 17.1. The molecule has 2 heterocycles. The first-order chi connectivity index (χ1) is 22.1. The Kier molecular flexibility index (Phi) is 6.37. The highest BCUT2D eigenvalue weighted by atomic mass is 31.2. The SMILES string of the molecule is C=C/C=C(\C=C)P(=O)(c1ccccc1)c1ccc2cc(-c3ccc4c(c3)c3ccccc3n3c5ccccc5nc43)ccc2c1. The lowest BCUT2D eigenvalue weighted by Crippen LogP contribution is -2.17. The fourth-order valence-corrected chi connectivity index (χ4v) is 9.27. The number of fused-ring (bicyclic) bond motifs is 9. The van der Waals surface area contributed by atoms with Crippen molar-refractivity contribution in [1.82, 2.24) is 9.38 Å². The van der Waals surface area contributed by atoms with E-state index in [9.17, 15) is 4.57 Å². The standard InChI is InChI=1S/C41H29N2OP/c1-3-12-32(4-2)45(44,33-13-6-5-7-14-33)34-23-21-29-25-28(19-20-30(29)26-34)31-22-24-36-37(27-31)35-15-8-10-17-39(35)43-40-18-11-9-16-38(40)42-41(36)43/h3-27H,1-2H2/b32-12+. The van der Waals surface area contributed by atoms with E-state index in [2.05, 4.69) is 109 Å². The first-order valence-corrected chi connectivity index (χ1v) is 16.7. The minimum atomic E-state index is -3.14. The number of hydrogen-bond acceptors (Lipinski definition) is 2. The number of nitrogens with zero attached hydrogens (tertiary/aromatic N) is 2. The predicted molar refractivity (Wildman–Crippen MR) is 192 cm³/mol. The summed E-state index contributed by atoms with van der Waals surface area (Å²) in [5.41, 5.74) is 6.47. The van der Waals surface area contributed by atoms with Crippen molar-refractivity contribution in [3.63, 3.8) is 0 Å². The molecule has 0 saturated heterocycles. The van der Waals surface area contributed by atoms with Crippen molar-refractivity contribution in [2.24, 2.45) is 0 Å². The molecule has 0 amide bonds. The predicted octanol–water partition coefficient (Wildman–Crippen LogP) is 10.2. The lowest BCUT2D eigenvalue weighted by atomic mass is 9.97. The molecule has 3 nitrogen and oxygen atoms in total. The summed E-state index contributed by atoms with van der Waals surface area (Å²) in [6, 6.07) is 45.8. The minimum Gasteiger partial charge on any atom is -0.309 e. The number of allylic oxidation sites excluding steroid dienone is 4. The van der Waals surface area contributed by atoms with Gasteiger partial charge in [0, 0.05) is 26.7 Å². The highest BCUT2D eigenvalue weighted by Gasteiger charge is 2.30. The van der Waals surface area contributed by atoms with Crippen LogP contribution < -0.4 is 10.6 Å². The van der Waals surface area contributed by atoms with Crippen LogP contribution in [-0.4, -0.2) is 9.38 Å². The first-order valence-electron chi connectivity index (χ1n) is 15.0. The lowest BCUT2D eigenvalue weighted by Gasteiger charge is -2.21. The molecule has 214 valence electrons. The molecular formula is C41H29N2OP. The maximum Gasteiger partial charge on any atom is 0.171 e. The molecule has 1 unspecified atom stereocenters. The zero-order chi connectivity index (χ0) is 30.5. The lowest BCUT2D eigenvalue weighted by molar-refractivity contribution is 0.591. The van der Waals surface area contributed by atoms with Crippen molar-refractivity contribution in [3.05, 3.63) is 170 Å². The van der Waals surface area contributed by atoms with Gasteiger partial charge in [0.2, 0.25) is 0 Å². The van der Waals surface area contributed by atoms with Crippen molar-refractivity contribution in [1.29, 1.82) is 0 Å². The van der Waals surface area contributed by atoms with E-state index in [1.165, 1.54) is 10.8 Å². The van der Waals surface area contributed by atoms with Crippen LogP contribution in [0.3, 0.4) is 0 Å². The number of pyridine rings is 1. The first kappa shape index (κ1) is 27.1. The van der Waals surface area contributed by atoms with Crippen LogP contribution in [-0.2, 0) is 4.57 Å². The van der Waals surface area contributed by atoms with Crippen LogP contribution in [0, 0.1) is 0 Å². The highest BCUT2D eigenvalue weighted by Crippen LogP contribution is 2.52. The van der Waals surface area contributed by atoms with Crippen molar-refractivity contribution >= 4 is 66.9 Å². The molecular weight excluding hydrogens is 567 g/mol. The second-order valence-electron chi connectivity index (χ2n) is 11.3. The molecule has 4 heteroatoms. The fraction of sp³-hybridized carbons (Fsp3) is 0. The molecule has 8 aromatic rings. The molecule has 0 spiro atoms. The fourth-order valence-electron chi connectivity index (χ4n) is 6.60. The van der Waals surface area contributed by atoms with Gasteiger partial charge in [0.05, 0.1) is 16.6 Å². The Hall–Kier alpha value is -5.50. The zero-order valence-corrected chi connectivity index (χ0v) is 25.5. The Bertz CT molecular complexity index is 2560. The van der Waals surface area contributed by atoms with E-state index in [1.54, 1.807) is 18.2 Å². The highest BCUT2D eigenvalue weighted by molar-refractivity contribution is 7.82. The van der Waals surface area contributed by atoms with Gasteiger partial charge in [0.1, 0.15) is 5.65 Å². The van der Waals surface area contributed by atoms with Gasteiger partial charge in [-0.05, 0) is 69.8 Å². The Balaban J connectivity index is 1.28. The monoisotopic (exact) mass is 596 g/mol. The van der Waals surface area contributed by atoms with Crippen molar-refractivity contribution in [2.75, 3.05) is 0 Å². The van der Waals surface area contributed by atoms with Gasteiger partial charge in [0.25, 0.3) is 0 Å². The molecule has 8 rings (SSSR count). The van der Waals surface area contributed by atoms with Crippen LogP contribution in [0.25, 0.3) is 60.3 Å². The van der Waals surface area contributed by atoms with Crippen LogP contribution >= 0.6 is 7.14 Å². The number of aromatic nitrogens is 2. The molecule has 0 aliphatic carbocycles. The van der Waals surface area contributed by atoms with Gasteiger partial charge in [-0.1, -0.05) is 122 Å². The Morgan fingerprint density at radius 1 is 0.622 bits per heavy atom. The molecule has 0 saturated carbocycles. The zero-order valence-electron chi connectivity index (χ0n) is 24.6. The summed E-state index contributed by atoms with van der Waals surface area (Å²) in [6.45, 7) is 7.83. The topological polar surface area (TPSA) is 34.4 Å². The second-order valence-corrected chi connectivity index (χ2v) is 14.0. The maximum atomic E-state index is 14.9. The minimum absolute atomic E-state index is 0.669. The van der Waals surface area contributed by atoms with Gasteiger partial charge in [-0.25, -0.2) is 4.98 Å². The van der Waals surface area contributed by atoms with Crippen LogP contribution in [0.5, 0.6) is 0 Å². The molecule has 1 atom stereocenters. The quantitative estimate of drug-likeness (QED) is 0.109. The van der Waals surface area contributed by atoms with E-state index in [4.69, 9.17) is 4.98 Å². The van der Waals surface area contributed by atoms with E-state index >= 15 is 0 Å². The van der Waals surface area contributed by atoms with Crippen LogP contribution in [0.1, 0.15) is 0 Å². The Labute approximate surface area is 261 Å². The average Bonchev–Trinajstić information content (AvgIpc) is 3.50. The molecule has 2 aromatic heterocycles. The Morgan fingerprint density at radius 2 is 1.31 bits per heavy atom. The van der Waals surface area contributed by atoms with Crippen molar-refractivity contribution in [3.8, 4) is 11.1 Å². The van der Waals surface area contributed by atoms with Crippen LogP contribution in [0.4, 0.5) is 0 Å². The summed E-state index contributed by atoms with van der Waals surface area (Å²) in [5.74, 6) is 0. The third-order valence-electron chi connectivity index (χ3n) is 8.76. The summed E-state index contributed by atoms with van der Waals surface area (Å²) >= 11 is 0. The van der Waals surface area contributed by atoms with Crippen LogP contribution in [0.2, 0.25) is 0 Å². The number of benzene rings is 6. The van der Waals surface area contributed by atoms with Gasteiger partial charge >= 0.3 is 0 Å². The maximum absolute atomic E-state index is 14.9. The van der Waals surface area contributed by atoms with E-state index in [0.29, 0.717) is 5.31 Å². The number of hydrogen-bond donors (Lipinski definition) is 0. The normalized spacial score (nSPS) is 13.5. The summed E-state index contributed by atoms with van der Waals surface area (Å²) in [5, 5.41) is 7.83. The molecule has 0 bridgehead atoms. The molecule has 0 aliphatic rings. The largest absolute Gasteiger partial charge is 0.309 e. The average molecular weight is 597 g/mol. The van der Waals surface area contributed by atoms with Crippen molar-refractivity contribution < 1.29 is 4.57 Å². The second kappa shape index (κ2) is 10.6. The van der Waals surface area contributed by atoms with E-state index in [1.807, 2.05) is 42.5 Å². The summed E-state index contributed by atoms with van der Waals surface area (Å²) in [6.07, 6.45) is 5.16. The van der Waals surface area contributed by atoms with Crippen LogP contribution in [0.15, 0.2) is 170 Å². The smallest absolute Gasteiger partial charge is 0.171 e. The number of para-hydroxylation sites is 3. The molecule has 45 heavy (non-hydrogen) atoms. The van der Waals surface area contributed by atoms with Gasteiger partial charge in [-0.2, -0.15) is 0 Å². The summed E-state index contributed by atoms with van der Waals surface area (Å²) in [4.78, 5) is 5.04. The third-order valence-corrected chi connectivity index (χ3v) is 11.8. The van der Waals surface area contributed by atoms with Crippen molar-refractivity contribution in [2.45, 2.75) is 0 Å². The number of rotatable bonds is 6. The van der Waals surface area contributed by atoms with E-state index < -0.39 is 7.14 Å². The molecule has 0 aliphatic heterocycles. The summed E-state index contributed by atoms with van der Waals surface area (Å²) in [7, 11) is -3.14. The molecule has 6 aromatic carbocycles. The Morgan fingerprint density at radius 3 is 2.13 bits per heavy atom. The molecule has 0 radical (unpaired) electrons. The van der Waals surface area contributed by atoms with E-state index in [0.717, 1.165) is 60.1 Å².